The van der Waals surface area contributed by atoms with Crippen molar-refractivity contribution in [3.8, 4) is 0 Å². The summed E-state index contributed by atoms with van der Waals surface area (Å²) in [4.78, 5) is 11.8. The van der Waals surface area contributed by atoms with Gasteiger partial charge in [-0.3, -0.25) is 4.79 Å². The molecule has 1 rings (SSSR count). The molecule has 0 radical (unpaired) electrons. The molecule has 0 bridgehead atoms. The molecule has 0 aromatic heterocycles. The van der Waals surface area contributed by atoms with Crippen LogP contribution in [0.5, 0.6) is 0 Å². The Labute approximate surface area is 112 Å². The molecule has 0 saturated heterocycles. The zero-order chi connectivity index (χ0) is 12.7. The highest BCUT2D eigenvalue weighted by Gasteiger charge is 2.12. The largest absolute Gasteiger partial charge is 0.325 e. The molecular weight excluding hydrogens is 254 g/mol. The van der Waals surface area contributed by atoms with E-state index < -0.39 is 0 Å². The SMILES string of the molecule is CCCCSC(C)C(=O)Nc1ccc(Cl)cc1. The van der Waals surface area contributed by atoms with Gasteiger partial charge in [-0.25, -0.2) is 0 Å². The predicted octanol–water partition coefficient (Wildman–Crippen LogP) is 4.20. The fourth-order valence-corrected chi connectivity index (χ4v) is 2.40. The molecule has 0 aliphatic carbocycles. The predicted molar refractivity (Wildman–Crippen MR) is 76.9 cm³/mol. The lowest BCUT2D eigenvalue weighted by Crippen LogP contribution is -2.22. The van der Waals surface area contributed by atoms with E-state index in [1.807, 2.05) is 19.1 Å². The van der Waals surface area contributed by atoms with E-state index in [9.17, 15) is 4.79 Å². The van der Waals surface area contributed by atoms with Crippen molar-refractivity contribution in [1.82, 2.24) is 0 Å². The molecule has 0 fully saturated rings. The van der Waals surface area contributed by atoms with Gasteiger partial charge in [-0.15, -0.1) is 11.8 Å². The third-order valence-corrected chi connectivity index (χ3v) is 3.84. The van der Waals surface area contributed by atoms with Crippen LogP contribution < -0.4 is 5.32 Å². The van der Waals surface area contributed by atoms with Crippen LogP contribution in [-0.2, 0) is 4.79 Å². The lowest BCUT2D eigenvalue weighted by atomic mass is 10.3. The lowest BCUT2D eigenvalue weighted by Gasteiger charge is -2.11. The molecule has 4 heteroatoms. The Morgan fingerprint density at radius 3 is 2.65 bits per heavy atom. The highest BCUT2D eigenvalue weighted by Crippen LogP contribution is 2.17. The van der Waals surface area contributed by atoms with Crippen LogP contribution in [0.25, 0.3) is 0 Å². The minimum Gasteiger partial charge on any atom is -0.325 e. The van der Waals surface area contributed by atoms with Crippen LogP contribution in [0.4, 0.5) is 5.69 Å². The molecule has 0 aliphatic heterocycles. The maximum atomic E-state index is 11.8. The van der Waals surface area contributed by atoms with E-state index in [1.54, 1.807) is 23.9 Å². The van der Waals surface area contributed by atoms with Gasteiger partial charge in [0, 0.05) is 10.7 Å². The van der Waals surface area contributed by atoms with Crippen LogP contribution in [0.1, 0.15) is 26.7 Å². The summed E-state index contributed by atoms with van der Waals surface area (Å²) in [6.45, 7) is 4.09. The highest BCUT2D eigenvalue weighted by molar-refractivity contribution is 8.00. The van der Waals surface area contributed by atoms with Gasteiger partial charge in [-0.1, -0.05) is 24.9 Å². The Hall–Kier alpha value is -0.670. The fraction of sp³-hybridized carbons (Fsp3) is 0.462. The van der Waals surface area contributed by atoms with Crippen molar-refractivity contribution in [2.45, 2.75) is 31.9 Å². The van der Waals surface area contributed by atoms with Crippen molar-refractivity contribution >= 4 is 35.0 Å². The van der Waals surface area contributed by atoms with Gasteiger partial charge < -0.3 is 5.32 Å². The Morgan fingerprint density at radius 1 is 1.41 bits per heavy atom. The lowest BCUT2D eigenvalue weighted by molar-refractivity contribution is -0.115. The first-order chi connectivity index (χ1) is 8.13. The Bertz CT molecular complexity index is 353. The van der Waals surface area contributed by atoms with Crippen molar-refractivity contribution in [2.24, 2.45) is 0 Å². The van der Waals surface area contributed by atoms with Gasteiger partial charge in [0.25, 0.3) is 0 Å². The maximum Gasteiger partial charge on any atom is 0.237 e. The molecule has 0 spiro atoms. The van der Waals surface area contributed by atoms with Crippen molar-refractivity contribution in [3.05, 3.63) is 29.3 Å². The third kappa shape index (κ3) is 5.46. The van der Waals surface area contributed by atoms with E-state index in [1.165, 1.54) is 6.42 Å². The first-order valence-electron chi connectivity index (χ1n) is 5.81. The molecule has 1 aromatic rings. The average Bonchev–Trinajstić information content (AvgIpc) is 2.32. The van der Waals surface area contributed by atoms with Gasteiger partial charge >= 0.3 is 0 Å². The smallest absolute Gasteiger partial charge is 0.237 e. The molecule has 0 heterocycles. The number of hydrogen-bond acceptors (Lipinski definition) is 2. The van der Waals surface area contributed by atoms with Gasteiger partial charge in [0.2, 0.25) is 5.91 Å². The molecule has 17 heavy (non-hydrogen) atoms. The summed E-state index contributed by atoms with van der Waals surface area (Å²) in [7, 11) is 0. The van der Waals surface area contributed by atoms with Gasteiger partial charge in [0.1, 0.15) is 0 Å². The molecule has 0 saturated carbocycles. The summed E-state index contributed by atoms with van der Waals surface area (Å²) < 4.78 is 0. The minimum atomic E-state index is -0.0165. The van der Waals surface area contributed by atoms with Crippen molar-refractivity contribution in [1.29, 1.82) is 0 Å². The van der Waals surface area contributed by atoms with Crippen LogP contribution >= 0.6 is 23.4 Å². The monoisotopic (exact) mass is 271 g/mol. The number of rotatable bonds is 6. The molecular formula is C13H18ClNOS. The average molecular weight is 272 g/mol. The first kappa shape index (κ1) is 14.4. The van der Waals surface area contributed by atoms with Gasteiger partial charge in [0.05, 0.1) is 5.25 Å². The number of halogens is 1. The van der Waals surface area contributed by atoms with Gasteiger partial charge in [-0.2, -0.15) is 0 Å². The molecule has 2 nitrogen and oxygen atoms in total. The summed E-state index contributed by atoms with van der Waals surface area (Å²) in [5, 5.41) is 3.54. The van der Waals surface area contributed by atoms with Crippen molar-refractivity contribution in [3.63, 3.8) is 0 Å². The number of amides is 1. The Balaban J connectivity index is 2.40. The zero-order valence-electron chi connectivity index (χ0n) is 10.2. The molecule has 1 amide bonds. The van der Waals surface area contributed by atoms with E-state index in [2.05, 4.69) is 12.2 Å². The van der Waals surface area contributed by atoms with E-state index in [4.69, 9.17) is 11.6 Å². The van der Waals surface area contributed by atoms with E-state index in [0.717, 1.165) is 17.9 Å². The molecule has 1 atom stereocenters. The van der Waals surface area contributed by atoms with E-state index >= 15 is 0 Å². The number of unbranched alkanes of at least 4 members (excludes halogenated alkanes) is 1. The molecule has 1 aromatic carbocycles. The number of carbonyl (C=O) groups is 1. The van der Waals surface area contributed by atoms with Crippen molar-refractivity contribution in [2.75, 3.05) is 11.1 Å². The maximum absolute atomic E-state index is 11.8. The van der Waals surface area contributed by atoms with E-state index in [-0.39, 0.29) is 11.2 Å². The second kappa shape index (κ2) is 7.62. The number of anilines is 1. The van der Waals surface area contributed by atoms with Gasteiger partial charge in [-0.05, 0) is 43.4 Å². The third-order valence-electron chi connectivity index (χ3n) is 2.35. The number of nitrogens with one attached hydrogen (secondary N) is 1. The summed E-state index contributed by atoms with van der Waals surface area (Å²) in [5.41, 5.74) is 0.794. The summed E-state index contributed by atoms with van der Waals surface area (Å²) in [6, 6.07) is 7.16. The second-order valence-corrected chi connectivity index (χ2v) is 5.75. The molecule has 1 unspecified atom stereocenters. The standard InChI is InChI=1S/C13H18ClNOS/c1-3-4-9-17-10(2)13(16)15-12-7-5-11(14)6-8-12/h5-8,10H,3-4,9H2,1-2H3,(H,15,16). The Morgan fingerprint density at radius 2 is 2.06 bits per heavy atom. The number of carbonyl (C=O) groups excluding carboxylic acids is 1. The van der Waals surface area contributed by atoms with Crippen LogP contribution in [0.15, 0.2) is 24.3 Å². The Kier molecular flexibility index (Phi) is 6.45. The number of thioether (sulfide) groups is 1. The van der Waals surface area contributed by atoms with Crippen LogP contribution in [0.3, 0.4) is 0 Å². The number of hydrogen-bond donors (Lipinski definition) is 1. The second-order valence-electron chi connectivity index (χ2n) is 3.86. The summed E-state index contributed by atoms with van der Waals surface area (Å²) in [5.74, 6) is 1.08. The van der Waals surface area contributed by atoms with Crippen molar-refractivity contribution < 1.29 is 4.79 Å². The minimum absolute atomic E-state index is 0.0165. The first-order valence-corrected chi connectivity index (χ1v) is 7.24. The topological polar surface area (TPSA) is 29.1 Å². The van der Waals surface area contributed by atoms with E-state index in [0.29, 0.717) is 5.02 Å². The molecule has 0 aliphatic rings. The summed E-state index contributed by atoms with van der Waals surface area (Å²) >= 11 is 7.47. The van der Waals surface area contributed by atoms with Crippen LogP contribution in [0, 0.1) is 0 Å². The van der Waals surface area contributed by atoms with Crippen LogP contribution in [0.2, 0.25) is 5.02 Å². The summed E-state index contributed by atoms with van der Waals surface area (Å²) in [6.07, 6.45) is 2.32. The highest BCUT2D eigenvalue weighted by atomic mass is 35.5. The zero-order valence-corrected chi connectivity index (χ0v) is 11.8. The quantitative estimate of drug-likeness (QED) is 0.786. The molecule has 94 valence electrons. The molecule has 1 N–H and O–H groups in total. The van der Waals surface area contributed by atoms with Gasteiger partial charge in [0.15, 0.2) is 0 Å². The van der Waals surface area contributed by atoms with Crippen LogP contribution in [-0.4, -0.2) is 16.9 Å². The number of benzene rings is 1. The fourth-order valence-electron chi connectivity index (χ4n) is 1.26. The normalized spacial score (nSPS) is 12.2.